The van der Waals surface area contributed by atoms with Crippen molar-refractivity contribution in [1.29, 1.82) is 0 Å². The predicted molar refractivity (Wildman–Crippen MR) is 76.1 cm³/mol. The first-order valence-electron chi connectivity index (χ1n) is 6.53. The van der Waals surface area contributed by atoms with Crippen LogP contribution < -0.4 is 10.6 Å². The summed E-state index contributed by atoms with van der Waals surface area (Å²) in [5.74, 6) is 0.510. The van der Waals surface area contributed by atoms with Crippen LogP contribution in [0, 0.1) is 11.7 Å². The lowest BCUT2D eigenvalue weighted by atomic mass is 9.89. The number of rotatable bonds is 4. The van der Waals surface area contributed by atoms with Crippen LogP contribution in [0.3, 0.4) is 0 Å². The molecular formula is C14H20BrFN2. The van der Waals surface area contributed by atoms with Gasteiger partial charge in [-0.15, -0.1) is 0 Å². The normalized spacial score (nSPS) is 21.8. The highest BCUT2D eigenvalue weighted by Gasteiger charge is 2.21. The molecule has 0 spiro atoms. The molecule has 0 bridgehead atoms. The van der Waals surface area contributed by atoms with Gasteiger partial charge in [-0.2, -0.15) is 0 Å². The highest BCUT2D eigenvalue weighted by atomic mass is 79.9. The van der Waals surface area contributed by atoms with E-state index in [-0.39, 0.29) is 11.9 Å². The zero-order valence-corrected chi connectivity index (χ0v) is 12.3. The lowest BCUT2D eigenvalue weighted by Gasteiger charge is -2.27. The molecule has 1 fully saturated rings. The molecular weight excluding hydrogens is 295 g/mol. The van der Waals surface area contributed by atoms with Gasteiger partial charge in [0.2, 0.25) is 0 Å². The first kappa shape index (κ1) is 14.0. The van der Waals surface area contributed by atoms with Gasteiger partial charge >= 0.3 is 0 Å². The lowest BCUT2D eigenvalue weighted by Crippen LogP contribution is -2.32. The summed E-state index contributed by atoms with van der Waals surface area (Å²) in [7, 11) is 1.90. The Labute approximate surface area is 116 Å². The smallest absolute Gasteiger partial charge is 0.128 e. The van der Waals surface area contributed by atoms with Crippen LogP contribution in [0.15, 0.2) is 22.7 Å². The van der Waals surface area contributed by atoms with E-state index in [0.717, 1.165) is 29.5 Å². The van der Waals surface area contributed by atoms with Crippen molar-refractivity contribution in [3.05, 3.63) is 34.1 Å². The Bertz CT molecular complexity index is 391. The maximum Gasteiger partial charge on any atom is 0.128 e. The highest BCUT2D eigenvalue weighted by molar-refractivity contribution is 9.10. The molecule has 2 nitrogen and oxygen atoms in total. The van der Waals surface area contributed by atoms with E-state index in [4.69, 9.17) is 0 Å². The molecule has 1 aliphatic rings. The van der Waals surface area contributed by atoms with Crippen LogP contribution in [-0.4, -0.2) is 20.1 Å². The van der Waals surface area contributed by atoms with Crippen LogP contribution >= 0.6 is 15.9 Å². The summed E-state index contributed by atoms with van der Waals surface area (Å²) in [5.41, 5.74) is 0.762. The van der Waals surface area contributed by atoms with Gasteiger partial charge in [-0.05, 0) is 63.5 Å². The molecule has 2 unspecified atom stereocenters. The lowest BCUT2D eigenvalue weighted by molar-refractivity contribution is 0.318. The van der Waals surface area contributed by atoms with Crippen molar-refractivity contribution in [2.75, 3.05) is 20.1 Å². The highest BCUT2D eigenvalue weighted by Crippen LogP contribution is 2.28. The van der Waals surface area contributed by atoms with Crippen LogP contribution in [-0.2, 0) is 0 Å². The minimum Gasteiger partial charge on any atom is -0.316 e. The molecule has 1 saturated heterocycles. The van der Waals surface area contributed by atoms with Gasteiger partial charge in [0.1, 0.15) is 5.82 Å². The van der Waals surface area contributed by atoms with Crippen molar-refractivity contribution in [3.63, 3.8) is 0 Å². The molecule has 1 aliphatic heterocycles. The summed E-state index contributed by atoms with van der Waals surface area (Å²) in [6.07, 6.45) is 3.44. The maximum atomic E-state index is 13.9. The summed E-state index contributed by atoms with van der Waals surface area (Å²) >= 11 is 3.41. The Morgan fingerprint density at radius 2 is 2.39 bits per heavy atom. The van der Waals surface area contributed by atoms with Crippen LogP contribution in [0.1, 0.15) is 30.9 Å². The second-order valence-electron chi connectivity index (χ2n) is 4.96. The fraction of sp³-hybridized carbons (Fsp3) is 0.571. The molecule has 0 aliphatic carbocycles. The molecule has 0 amide bonds. The van der Waals surface area contributed by atoms with Gasteiger partial charge in [-0.1, -0.05) is 15.9 Å². The Balaban J connectivity index is 2.09. The second-order valence-corrected chi connectivity index (χ2v) is 5.87. The van der Waals surface area contributed by atoms with E-state index in [0.29, 0.717) is 5.92 Å². The first-order chi connectivity index (χ1) is 8.70. The molecule has 2 N–H and O–H groups in total. The molecule has 0 aromatic heterocycles. The van der Waals surface area contributed by atoms with Crippen LogP contribution in [0.4, 0.5) is 4.39 Å². The zero-order chi connectivity index (χ0) is 13.0. The van der Waals surface area contributed by atoms with Gasteiger partial charge in [0, 0.05) is 16.1 Å². The zero-order valence-electron chi connectivity index (χ0n) is 10.7. The number of halogens is 2. The minimum absolute atomic E-state index is 0.0902. The van der Waals surface area contributed by atoms with Crippen molar-refractivity contribution < 1.29 is 4.39 Å². The summed E-state index contributed by atoms with van der Waals surface area (Å²) < 4.78 is 14.8. The molecule has 18 heavy (non-hydrogen) atoms. The molecule has 0 saturated carbocycles. The fourth-order valence-electron chi connectivity index (χ4n) is 2.64. The summed E-state index contributed by atoms with van der Waals surface area (Å²) in [5, 5.41) is 6.66. The maximum absolute atomic E-state index is 13.9. The van der Waals surface area contributed by atoms with E-state index in [1.807, 2.05) is 13.1 Å². The third-order valence-corrected chi connectivity index (χ3v) is 4.14. The number of nitrogens with one attached hydrogen (secondary N) is 2. The SMILES string of the molecule is CNC(CC1CCCNC1)c1cc(Br)ccc1F. The summed E-state index contributed by atoms with van der Waals surface area (Å²) in [4.78, 5) is 0. The Kier molecular flexibility index (Phi) is 5.15. The van der Waals surface area contributed by atoms with Gasteiger partial charge in [0.05, 0.1) is 0 Å². The fourth-order valence-corrected chi connectivity index (χ4v) is 3.02. The third kappa shape index (κ3) is 3.53. The standard InChI is InChI=1S/C14H20BrFN2/c1-17-14(7-10-3-2-6-18-9-10)12-8-11(15)4-5-13(12)16/h4-5,8,10,14,17-18H,2-3,6-7,9H2,1H3. The van der Waals surface area contributed by atoms with E-state index in [9.17, 15) is 4.39 Å². The second kappa shape index (κ2) is 6.64. The predicted octanol–water partition coefficient (Wildman–Crippen LogP) is 3.24. The largest absolute Gasteiger partial charge is 0.316 e. The average Bonchev–Trinajstić information content (AvgIpc) is 2.40. The Hall–Kier alpha value is -0.450. The van der Waals surface area contributed by atoms with Crippen LogP contribution in [0.5, 0.6) is 0 Å². The monoisotopic (exact) mass is 314 g/mol. The third-order valence-electron chi connectivity index (χ3n) is 3.65. The molecule has 2 rings (SSSR count). The molecule has 1 aromatic rings. The summed E-state index contributed by atoms with van der Waals surface area (Å²) in [6, 6.07) is 5.25. The van der Waals surface area contributed by atoms with Crippen molar-refractivity contribution in [2.24, 2.45) is 5.92 Å². The first-order valence-corrected chi connectivity index (χ1v) is 7.33. The molecule has 4 heteroatoms. The van der Waals surface area contributed by atoms with Gasteiger partial charge in [-0.3, -0.25) is 0 Å². The van der Waals surface area contributed by atoms with Crippen LogP contribution in [0.25, 0.3) is 0 Å². The van der Waals surface area contributed by atoms with E-state index < -0.39 is 0 Å². The van der Waals surface area contributed by atoms with Gasteiger partial charge in [0.25, 0.3) is 0 Å². The molecule has 1 aromatic carbocycles. The minimum atomic E-state index is -0.124. The van der Waals surface area contributed by atoms with Crippen LogP contribution in [0.2, 0.25) is 0 Å². The Morgan fingerprint density at radius 1 is 1.56 bits per heavy atom. The number of hydrogen-bond acceptors (Lipinski definition) is 2. The van der Waals surface area contributed by atoms with Crippen molar-refractivity contribution in [1.82, 2.24) is 10.6 Å². The average molecular weight is 315 g/mol. The van der Waals surface area contributed by atoms with E-state index >= 15 is 0 Å². The van der Waals surface area contributed by atoms with Crippen molar-refractivity contribution >= 4 is 15.9 Å². The van der Waals surface area contributed by atoms with Gasteiger partial charge in [0.15, 0.2) is 0 Å². The van der Waals surface area contributed by atoms with Crippen molar-refractivity contribution in [3.8, 4) is 0 Å². The molecule has 100 valence electrons. The molecule has 1 heterocycles. The molecule has 0 radical (unpaired) electrons. The van der Waals surface area contributed by atoms with E-state index in [1.54, 1.807) is 6.07 Å². The topological polar surface area (TPSA) is 24.1 Å². The van der Waals surface area contributed by atoms with Crippen molar-refractivity contribution in [2.45, 2.75) is 25.3 Å². The number of benzene rings is 1. The Morgan fingerprint density at radius 3 is 3.06 bits per heavy atom. The molecule has 2 atom stereocenters. The quantitative estimate of drug-likeness (QED) is 0.891. The van der Waals surface area contributed by atoms with E-state index in [1.165, 1.54) is 18.9 Å². The number of piperidine rings is 1. The van der Waals surface area contributed by atoms with Gasteiger partial charge < -0.3 is 10.6 Å². The van der Waals surface area contributed by atoms with E-state index in [2.05, 4.69) is 26.6 Å². The van der Waals surface area contributed by atoms with Gasteiger partial charge in [-0.25, -0.2) is 4.39 Å². The summed E-state index contributed by atoms with van der Waals surface area (Å²) in [6.45, 7) is 2.17. The number of hydrogen-bond donors (Lipinski definition) is 2.